The van der Waals surface area contributed by atoms with Crippen LogP contribution in [0.5, 0.6) is 11.5 Å². The van der Waals surface area contributed by atoms with Gasteiger partial charge in [-0.2, -0.15) is 0 Å². The highest BCUT2D eigenvalue weighted by Gasteiger charge is 2.23. The van der Waals surface area contributed by atoms with Gasteiger partial charge in [-0.3, -0.25) is 9.69 Å². The normalized spacial score (nSPS) is 10.8. The molecule has 8 heteroatoms. The van der Waals surface area contributed by atoms with E-state index in [1.165, 1.54) is 0 Å². The number of aryl methyl sites for hydroxylation is 1. The highest BCUT2D eigenvalue weighted by atomic mass is 35.5. The van der Waals surface area contributed by atoms with Crippen LogP contribution >= 0.6 is 23.7 Å². The summed E-state index contributed by atoms with van der Waals surface area (Å²) in [5.41, 5.74) is 2.57. The Labute approximate surface area is 194 Å². The summed E-state index contributed by atoms with van der Waals surface area (Å²) in [6, 6.07) is 11.4. The molecule has 1 amide bonds. The van der Waals surface area contributed by atoms with E-state index in [0.29, 0.717) is 28.7 Å². The Morgan fingerprint density at radius 1 is 1.03 bits per heavy atom. The number of halogens is 1. The summed E-state index contributed by atoms with van der Waals surface area (Å²) in [5, 5.41) is 0.707. The fourth-order valence-corrected chi connectivity index (χ4v) is 4.41. The number of para-hydroxylation sites is 1. The second kappa shape index (κ2) is 11.3. The van der Waals surface area contributed by atoms with Gasteiger partial charge in [0, 0.05) is 24.7 Å². The van der Waals surface area contributed by atoms with Crippen molar-refractivity contribution in [2.75, 3.05) is 45.3 Å². The molecule has 0 unspecified atom stereocenters. The summed E-state index contributed by atoms with van der Waals surface area (Å²) in [7, 11) is 3.16. The number of likely N-dealkylation sites (N-methyl/N-ethyl adjacent to an activating group) is 1. The molecule has 0 aliphatic carbocycles. The van der Waals surface area contributed by atoms with Gasteiger partial charge in [0.25, 0.3) is 5.91 Å². The molecule has 6 nitrogen and oxygen atoms in total. The van der Waals surface area contributed by atoms with Crippen LogP contribution in [-0.4, -0.2) is 56.2 Å². The summed E-state index contributed by atoms with van der Waals surface area (Å²) >= 11 is 1.54. The van der Waals surface area contributed by atoms with E-state index in [1.807, 2.05) is 25.1 Å². The van der Waals surface area contributed by atoms with Crippen LogP contribution in [0.1, 0.15) is 29.8 Å². The van der Waals surface area contributed by atoms with Crippen LogP contribution < -0.4 is 14.4 Å². The van der Waals surface area contributed by atoms with Crippen LogP contribution in [0.25, 0.3) is 10.2 Å². The minimum absolute atomic E-state index is 0. The van der Waals surface area contributed by atoms with Crippen molar-refractivity contribution in [1.82, 2.24) is 9.88 Å². The molecule has 1 aromatic heterocycles. The number of ether oxygens (including phenoxy) is 2. The van der Waals surface area contributed by atoms with E-state index in [-0.39, 0.29) is 18.3 Å². The molecular formula is C23H30ClN3O3S. The van der Waals surface area contributed by atoms with Gasteiger partial charge in [-0.05, 0) is 43.8 Å². The molecule has 0 spiro atoms. The fourth-order valence-electron chi connectivity index (χ4n) is 3.34. The topological polar surface area (TPSA) is 54.9 Å². The van der Waals surface area contributed by atoms with E-state index >= 15 is 0 Å². The van der Waals surface area contributed by atoms with Crippen molar-refractivity contribution in [2.45, 2.75) is 20.8 Å². The van der Waals surface area contributed by atoms with E-state index in [0.717, 1.165) is 35.4 Å². The Kier molecular flexibility index (Phi) is 9.10. The van der Waals surface area contributed by atoms with Gasteiger partial charge in [-0.1, -0.05) is 37.3 Å². The molecule has 0 aliphatic heterocycles. The number of methoxy groups -OCH3 is 2. The first-order valence-electron chi connectivity index (χ1n) is 10.1. The van der Waals surface area contributed by atoms with Gasteiger partial charge in [0.2, 0.25) is 0 Å². The number of aromatic nitrogens is 1. The van der Waals surface area contributed by atoms with Crippen molar-refractivity contribution in [3.8, 4) is 11.5 Å². The highest BCUT2D eigenvalue weighted by molar-refractivity contribution is 7.22. The quantitative estimate of drug-likeness (QED) is 0.445. The van der Waals surface area contributed by atoms with Crippen LogP contribution in [0.2, 0.25) is 0 Å². The molecule has 0 radical (unpaired) electrons. The van der Waals surface area contributed by atoms with Crippen LogP contribution in [0.4, 0.5) is 5.13 Å². The number of hydrogen-bond donors (Lipinski definition) is 0. The summed E-state index contributed by atoms with van der Waals surface area (Å²) in [5.74, 6) is 1.05. The Morgan fingerprint density at radius 2 is 1.68 bits per heavy atom. The molecule has 0 aliphatic rings. The number of carbonyl (C=O) groups excluding carboxylic acids is 1. The predicted molar refractivity (Wildman–Crippen MR) is 131 cm³/mol. The van der Waals surface area contributed by atoms with E-state index in [4.69, 9.17) is 14.5 Å². The van der Waals surface area contributed by atoms with Gasteiger partial charge in [0.1, 0.15) is 11.5 Å². The molecule has 0 saturated heterocycles. The number of nitrogens with zero attached hydrogens (tertiary/aromatic N) is 3. The van der Waals surface area contributed by atoms with Gasteiger partial charge < -0.3 is 14.4 Å². The lowest BCUT2D eigenvalue weighted by Crippen LogP contribution is -2.38. The number of thiazole rings is 1. The van der Waals surface area contributed by atoms with Gasteiger partial charge in [0.15, 0.2) is 5.13 Å². The fraction of sp³-hybridized carbons (Fsp3) is 0.391. The Balaban J connectivity index is 0.00000341. The van der Waals surface area contributed by atoms with Gasteiger partial charge >= 0.3 is 0 Å². The van der Waals surface area contributed by atoms with Crippen LogP contribution in [0, 0.1) is 6.92 Å². The number of rotatable bonds is 9. The average molecular weight is 464 g/mol. The van der Waals surface area contributed by atoms with Crippen molar-refractivity contribution < 1.29 is 14.3 Å². The molecule has 0 saturated carbocycles. The molecule has 0 fully saturated rings. The van der Waals surface area contributed by atoms with Crippen molar-refractivity contribution in [3.05, 3.63) is 47.5 Å². The second-order valence-electron chi connectivity index (χ2n) is 7.00. The van der Waals surface area contributed by atoms with Crippen molar-refractivity contribution in [3.63, 3.8) is 0 Å². The number of hydrogen-bond acceptors (Lipinski definition) is 6. The molecular weight excluding hydrogens is 434 g/mol. The first kappa shape index (κ1) is 24.9. The molecule has 1 heterocycles. The van der Waals surface area contributed by atoms with Crippen molar-refractivity contribution in [1.29, 1.82) is 0 Å². The summed E-state index contributed by atoms with van der Waals surface area (Å²) in [4.78, 5) is 22.5. The third-order valence-electron chi connectivity index (χ3n) is 5.22. The number of carbonyl (C=O) groups is 1. The monoisotopic (exact) mass is 463 g/mol. The van der Waals surface area contributed by atoms with Gasteiger partial charge in [0.05, 0.1) is 24.4 Å². The molecule has 2 aromatic carbocycles. The standard InChI is InChI=1S/C23H29N3O3S.ClH/c1-6-25(7-2)11-12-26(23-24-21-16(3)9-8-10-20(21)30-23)22(27)17-13-18(28-4)15-19(14-17)29-5;/h8-10,13-15H,6-7,11-12H2,1-5H3;1H. The maximum Gasteiger partial charge on any atom is 0.260 e. The zero-order valence-electron chi connectivity index (χ0n) is 18.7. The number of amides is 1. The molecule has 168 valence electrons. The average Bonchev–Trinajstić information content (AvgIpc) is 3.21. The van der Waals surface area contributed by atoms with Crippen molar-refractivity contribution >= 4 is 45.0 Å². The van der Waals surface area contributed by atoms with E-state index in [1.54, 1.807) is 48.7 Å². The SMILES string of the molecule is CCN(CC)CCN(C(=O)c1cc(OC)cc(OC)c1)c1nc2c(C)cccc2s1.Cl. The number of benzene rings is 2. The zero-order chi connectivity index (χ0) is 21.7. The van der Waals surface area contributed by atoms with E-state index in [2.05, 4.69) is 18.7 Å². The number of fused-ring (bicyclic) bond motifs is 1. The lowest BCUT2D eigenvalue weighted by molar-refractivity contribution is 0.0983. The third kappa shape index (κ3) is 5.67. The second-order valence-corrected chi connectivity index (χ2v) is 8.01. The maximum atomic E-state index is 13.6. The van der Waals surface area contributed by atoms with E-state index < -0.39 is 0 Å². The maximum absolute atomic E-state index is 13.6. The smallest absolute Gasteiger partial charge is 0.260 e. The molecule has 3 aromatic rings. The lowest BCUT2D eigenvalue weighted by atomic mass is 10.1. The summed E-state index contributed by atoms with van der Waals surface area (Å²) in [6.45, 7) is 9.50. The van der Waals surface area contributed by atoms with Crippen LogP contribution in [-0.2, 0) is 0 Å². The van der Waals surface area contributed by atoms with Crippen molar-refractivity contribution in [2.24, 2.45) is 0 Å². The van der Waals surface area contributed by atoms with Gasteiger partial charge in [-0.25, -0.2) is 4.98 Å². The third-order valence-corrected chi connectivity index (χ3v) is 6.26. The first-order chi connectivity index (χ1) is 14.5. The minimum atomic E-state index is -0.115. The Bertz CT molecular complexity index is 998. The molecule has 31 heavy (non-hydrogen) atoms. The minimum Gasteiger partial charge on any atom is -0.497 e. The number of anilines is 1. The molecule has 0 N–H and O–H groups in total. The molecule has 3 rings (SSSR count). The summed E-state index contributed by atoms with van der Waals surface area (Å²) in [6.07, 6.45) is 0. The molecule has 0 atom stereocenters. The summed E-state index contributed by atoms with van der Waals surface area (Å²) < 4.78 is 11.8. The zero-order valence-corrected chi connectivity index (χ0v) is 20.3. The largest absolute Gasteiger partial charge is 0.497 e. The first-order valence-corrected chi connectivity index (χ1v) is 11.0. The molecule has 0 bridgehead atoms. The van der Waals surface area contributed by atoms with Crippen LogP contribution in [0.15, 0.2) is 36.4 Å². The predicted octanol–water partition coefficient (Wildman–Crippen LogP) is 5.03. The van der Waals surface area contributed by atoms with E-state index in [9.17, 15) is 4.79 Å². The Hall–Kier alpha value is -2.35. The van der Waals surface area contributed by atoms with Crippen LogP contribution in [0.3, 0.4) is 0 Å². The lowest BCUT2D eigenvalue weighted by Gasteiger charge is -2.25. The highest BCUT2D eigenvalue weighted by Crippen LogP contribution is 2.32. The van der Waals surface area contributed by atoms with Gasteiger partial charge in [-0.15, -0.1) is 12.4 Å². The Morgan fingerprint density at radius 3 is 2.23 bits per heavy atom.